The van der Waals surface area contributed by atoms with Gasteiger partial charge < -0.3 is 10.1 Å². The predicted molar refractivity (Wildman–Crippen MR) is 112 cm³/mol. The second kappa shape index (κ2) is 10.1. The first kappa shape index (κ1) is 21.6. The first-order valence-electron chi connectivity index (χ1n) is 9.88. The first-order valence-corrected chi connectivity index (χ1v) is 10.7. The molecule has 5 nitrogen and oxygen atoms in total. The average Bonchev–Trinajstić information content (AvgIpc) is 3.06. The van der Waals surface area contributed by atoms with E-state index in [9.17, 15) is 14.0 Å². The molecule has 1 N–H and O–H groups in total. The Morgan fingerprint density at radius 2 is 1.86 bits per heavy atom. The maximum atomic E-state index is 13.3. The van der Waals surface area contributed by atoms with E-state index in [4.69, 9.17) is 4.74 Å². The van der Waals surface area contributed by atoms with E-state index in [1.807, 2.05) is 19.9 Å². The molecule has 0 unspecified atom stereocenters. The van der Waals surface area contributed by atoms with Gasteiger partial charge in [-0.2, -0.15) is 0 Å². The Balaban J connectivity index is 1.56. The molecule has 1 aromatic carbocycles. The number of hydrogen-bond donors (Lipinski definition) is 1. The number of Topliss-reactive ketones (excluding diaryl/α,β-unsaturated/α-hetero) is 1. The van der Waals surface area contributed by atoms with Gasteiger partial charge in [-0.25, -0.2) is 4.39 Å². The van der Waals surface area contributed by atoms with Crippen molar-refractivity contribution in [3.63, 3.8) is 0 Å². The predicted octanol–water partition coefficient (Wildman–Crippen LogP) is 3.66. The Morgan fingerprint density at radius 1 is 1.17 bits per heavy atom. The number of morpholine rings is 1. The molecule has 1 atom stereocenters. The number of hydrogen-bond acceptors (Lipinski definition) is 5. The van der Waals surface area contributed by atoms with Crippen molar-refractivity contribution in [3.05, 3.63) is 57.0 Å². The second-order valence-electron chi connectivity index (χ2n) is 7.27. The van der Waals surface area contributed by atoms with Crippen molar-refractivity contribution >= 4 is 23.0 Å². The standard InChI is InChI=1S/C22H27FN2O3S/c1-15-13-19(16(2)29-15)21(26)7-8-22(27)24-14-20(25-9-11-28-12-10-25)17-3-5-18(23)6-4-17/h3-6,13,20H,7-12,14H2,1-2H3,(H,24,27)/t20-/m0/s1. The van der Waals surface area contributed by atoms with Gasteiger partial charge in [-0.1, -0.05) is 12.1 Å². The fourth-order valence-electron chi connectivity index (χ4n) is 3.60. The smallest absolute Gasteiger partial charge is 0.220 e. The molecule has 3 rings (SSSR count). The van der Waals surface area contributed by atoms with Crippen molar-refractivity contribution < 1.29 is 18.7 Å². The summed E-state index contributed by atoms with van der Waals surface area (Å²) in [5, 5.41) is 2.96. The first-order chi connectivity index (χ1) is 13.9. The number of rotatable bonds is 8. The summed E-state index contributed by atoms with van der Waals surface area (Å²) >= 11 is 1.60. The monoisotopic (exact) mass is 418 g/mol. The topological polar surface area (TPSA) is 58.6 Å². The van der Waals surface area contributed by atoms with Crippen molar-refractivity contribution in [2.24, 2.45) is 0 Å². The number of ether oxygens (including phenoxy) is 1. The van der Waals surface area contributed by atoms with Gasteiger partial charge in [-0.3, -0.25) is 14.5 Å². The van der Waals surface area contributed by atoms with Gasteiger partial charge in [0.1, 0.15) is 5.82 Å². The maximum Gasteiger partial charge on any atom is 0.220 e. The molecule has 0 spiro atoms. The zero-order valence-electron chi connectivity index (χ0n) is 16.9. The average molecular weight is 419 g/mol. The van der Waals surface area contributed by atoms with Gasteiger partial charge in [-0.05, 0) is 37.6 Å². The van der Waals surface area contributed by atoms with E-state index < -0.39 is 0 Å². The largest absolute Gasteiger partial charge is 0.379 e. The number of thiophene rings is 1. The summed E-state index contributed by atoms with van der Waals surface area (Å²) in [6.45, 7) is 7.11. The van der Waals surface area contributed by atoms with Crippen molar-refractivity contribution in [3.8, 4) is 0 Å². The number of carbonyl (C=O) groups is 2. The molecule has 0 radical (unpaired) electrons. The third-order valence-electron chi connectivity index (χ3n) is 5.15. The van der Waals surface area contributed by atoms with E-state index in [-0.39, 0.29) is 36.4 Å². The van der Waals surface area contributed by atoms with Crippen LogP contribution in [0, 0.1) is 19.7 Å². The molecule has 7 heteroatoms. The van der Waals surface area contributed by atoms with E-state index in [1.165, 1.54) is 12.1 Å². The SMILES string of the molecule is Cc1cc(C(=O)CCC(=O)NC[C@@H](c2ccc(F)cc2)N2CCOCC2)c(C)s1. The molecule has 2 aromatic rings. The molecule has 1 fully saturated rings. The third kappa shape index (κ3) is 5.95. The quantitative estimate of drug-likeness (QED) is 0.665. The highest BCUT2D eigenvalue weighted by Gasteiger charge is 2.23. The number of carbonyl (C=O) groups excluding carboxylic acids is 2. The molecule has 2 heterocycles. The van der Waals surface area contributed by atoms with Crippen LogP contribution in [-0.4, -0.2) is 49.4 Å². The molecule has 29 heavy (non-hydrogen) atoms. The van der Waals surface area contributed by atoms with Crippen LogP contribution in [0.1, 0.15) is 44.6 Å². The van der Waals surface area contributed by atoms with Crippen LogP contribution < -0.4 is 5.32 Å². The lowest BCUT2D eigenvalue weighted by Crippen LogP contribution is -2.43. The van der Waals surface area contributed by atoms with Crippen molar-refractivity contribution in [1.29, 1.82) is 0 Å². The van der Waals surface area contributed by atoms with Crippen LogP contribution in [0.5, 0.6) is 0 Å². The molecule has 0 saturated carbocycles. The van der Waals surface area contributed by atoms with Crippen LogP contribution in [0.3, 0.4) is 0 Å². The fraction of sp³-hybridized carbons (Fsp3) is 0.455. The highest BCUT2D eigenvalue weighted by molar-refractivity contribution is 7.12. The summed E-state index contributed by atoms with van der Waals surface area (Å²) < 4.78 is 18.7. The summed E-state index contributed by atoms with van der Waals surface area (Å²) in [5.41, 5.74) is 1.67. The Hall–Kier alpha value is -2.09. The zero-order chi connectivity index (χ0) is 20.8. The Bertz CT molecular complexity index is 844. The van der Waals surface area contributed by atoms with Crippen LogP contribution in [0.4, 0.5) is 4.39 Å². The zero-order valence-corrected chi connectivity index (χ0v) is 17.7. The Labute approximate surface area is 174 Å². The molecule has 1 aliphatic heterocycles. The van der Waals surface area contributed by atoms with Gasteiger partial charge >= 0.3 is 0 Å². The molecule has 156 valence electrons. The van der Waals surface area contributed by atoms with Crippen LogP contribution in [0.15, 0.2) is 30.3 Å². The van der Waals surface area contributed by atoms with Crippen LogP contribution in [0.25, 0.3) is 0 Å². The molecule has 1 aromatic heterocycles. The summed E-state index contributed by atoms with van der Waals surface area (Å²) in [5.74, 6) is -0.426. The van der Waals surface area contributed by atoms with Crippen molar-refractivity contribution in [2.75, 3.05) is 32.8 Å². The minimum Gasteiger partial charge on any atom is -0.379 e. The van der Waals surface area contributed by atoms with Gasteiger partial charge in [0.05, 0.1) is 19.3 Å². The highest BCUT2D eigenvalue weighted by Crippen LogP contribution is 2.23. The van der Waals surface area contributed by atoms with Crippen molar-refractivity contribution in [2.45, 2.75) is 32.7 Å². The molecule has 0 bridgehead atoms. The Kier molecular flexibility index (Phi) is 7.52. The number of amides is 1. The van der Waals surface area contributed by atoms with Gasteiger partial charge in [0, 0.05) is 47.8 Å². The number of nitrogens with zero attached hydrogens (tertiary/aromatic N) is 1. The van der Waals surface area contributed by atoms with E-state index in [0.717, 1.165) is 34.0 Å². The normalized spacial score (nSPS) is 15.8. The van der Waals surface area contributed by atoms with E-state index in [2.05, 4.69) is 10.2 Å². The maximum absolute atomic E-state index is 13.3. The lowest BCUT2D eigenvalue weighted by atomic mass is 10.0. The number of nitrogens with one attached hydrogen (secondary N) is 1. The number of halogens is 1. The van der Waals surface area contributed by atoms with Gasteiger partial charge in [0.25, 0.3) is 0 Å². The van der Waals surface area contributed by atoms with Gasteiger partial charge in [0.2, 0.25) is 5.91 Å². The summed E-state index contributed by atoms with van der Waals surface area (Å²) in [4.78, 5) is 29.1. The second-order valence-corrected chi connectivity index (χ2v) is 8.73. The minimum atomic E-state index is -0.281. The number of benzene rings is 1. The minimum absolute atomic E-state index is 0.00487. The van der Waals surface area contributed by atoms with Crippen LogP contribution >= 0.6 is 11.3 Å². The van der Waals surface area contributed by atoms with E-state index >= 15 is 0 Å². The van der Waals surface area contributed by atoms with Crippen molar-refractivity contribution in [1.82, 2.24) is 10.2 Å². The molecule has 0 aliphatic carbocycles. The van der Waals surface area contributed by atoms with Gasteiger partial charge in [-0.15, -0.1) is 11.3 Å². The summed E-state index contributed by atoms with van der Waals surface area (Å²) in [6, 6.07) is 8.23. The molecule has 1 amide bonds. The summed E-state index contributed by atoms with van der Waals surface area (Å²) in [7, 11) is 0. The third-order valence-corrected chi connectivity index (χ3v) is 6.12. The summed E-state index contributed by atoms with van der Waals surface area (Å²) in [6.07, 6.45) is 0.355. The molecular weight excluding hydrogens is 391 g/mol. The highest BCUT2D eigenvalue weighted by atomic mass is 32.1. The molecular formula is C22H27FN2O3S. The lowest BCUT2D eigenvalue weighted by molar-refractivity contribution is -0.121. The number of aryl methyl sites for hydroxylation is 2. The molecule has 1 aliphatic rings. The lowest BCUT2D eigenvalue weighted by Gasteiger charge is -2.35. The van der Waals surface area contributed by atoms with Crippen LogP contribution in [-0.2, 0) is 9.53 Å². The Morgan fingerprint density at radius 3 is 2.48 bits per heavy atom. The van der Waals surface area contributed by atoms with E-state index in [0.29, 0.717) is 19.8 Å². The number of ketones is 1. The fourth-order valence-corrected chi connectivity index (χ4v) is 4.54. The molecule has 1 saturated heterocycles. The van der Waals surface area contributed by atoms with E-state index in [1.54, 1.807) is 23.5 Å². The van der Waals surface area contributed by atoms with Crippen LogP contribution in [0.2, 0.25) is 0 Å². The van der Waals surface area contributed by atoms with Gasteiger partial charge in [0.15, 0.2) is 5.78 Å².